The van der Waals surface area contributed by atoms with Gasteiger partial charge in [0.1, 0.15) is 11.5 Å². The van der Waals surface area contributed by atoms with Gasteiger partial charge in [-0.2, -0.15) is 0 Å². The molecule has 1 amide bonds. The van der Waals surface area contributed by atoms with Crippen LogP contribution in [-0.4, -0.2) is 42.1 Å². The summed E-state index contributed by atoms with van der Waals surface area (Å²) in [5.74, 6) is 0.621. The molecule has 0 bridgehead atoms. The molecule has 23 heavy (non-hydrogen) atoms. The number of carboxylic acid groups (broad SMARTS) is 1. The number of ketones is 1. The normalized spacial score (nSPS) is 21.8. The fourth-order valence-electron chi connectivity index (χ4n) is 3.20. The molecule has 126 valence electrons. The van der Waals surface area contributed by atoms with E-state index in [1.807, 2.05) is 45.0 Å². The smallest absolute Gasteiger partial charge is 0.407 e. The van der Waals surface area contributed by atoms with Crippen molar-refractivity contribution >= 4 is 11.9 Å². The minimum atomic E-state index is -0.954. The number of likely N-dealkylation sites (tertiary alicyclic amines) is 1. The maximum absolute atomic E-state index is 12.9. The molecular formula is C18H25NO4. The molecule has 5 heteroatoms. The van der Waals surface area contributed by atoms with E-state index >= 15 is 0 Å². The van der Waals surface area contributed by atoms with Gasteiger partial charge in [-0.05, 0) is 30.0 Å². The second-order valence-electron chi connectivity index (χ2n) is 7.12. The molecule has 2 rings (SSSR count). The minimum Gasteiger partial charge on any atom is -0.497 e. The molecule has 1 aromatic rings. The van der Waals surface area contributed by atoms with Crippen molar-refractivity contribution in [3.05, 3.63) is 29.8 Å². The number of benzene rings is 1. The van der Waals surface area contributed by atoms with Crippen LogP contribution in [0.5, 0.6) is 5.75 Å². The van der Waals surface area contributed by atoms with Gasteiger partial charge in [0, 0.05) is 24.4 Å². The fourth-order valence-corrected chi connectivity index (χ4v) is 3.20. The molecule has 5 nitrogen and oxygen atoms in total. The maximum Gasteiger partial charge on any atom is 0.407 e. The van der Waals surface area contributed by atoms with Gasteiger partial charge in [0.2, 0.25) is 0 Å². The average Bonchev–Trinajstić information content (AvgIpc) is 2.52. The number of Topliss-reactive ketones (excluding diaryl/α,β-unsaturated/α-hetero) is 1. The molecule has 0 aliphatic carbocycles. The third-order valence-electron chi connectivity index (χ3n) is 4.50. The minimum absolute atomic E-state index is 0.0447. The fraction of sp³-hybridized carbons (Fsp3) is 0.556. The molecule has 1 fully saturated rings. The summed E-state index contributed by atoms with van der Waals surface area (Å²) in [7, 11) is 1.62. The number of methoxy groups -OCH3 is 1. The predicted molar refractivity (Wildman–Crippen MR) is 87.9 cm³/mol. The van der Waals surface area contributed by atoms with Crippen LogP contribution in [0.1, 0.15) is 38.7 Å². The first-order valence-electron chi connectivity index (χ1n) is 7.90. The SMILES string of the molecule is COc1ccc(C2CCN(C(=O)O)CC2C(=O)C(C)(C)C)cc1. The Bertz CT molecular complexity index is 574. The number of hydrogen-bond donors (Lipinski definition) is 1. The quantitative estimate of drug-likeness (QED) is 0.927. The van der Waals surface area contributed by atoms with Crippen LogP contribution in [0.3, 0.4) is 0 Å². The lowest BCUT2D eigenvalue weighted by Crippen LogP contribution is -2.47. The number of carbonyl (C=O) groups is 2. The van der Waals surface area contributed by atoms with Crippen molar-refractivity contribution in [2.75, 3.05) is 20.2 Å². The second kappa shape index (κ2) is 6.60. The third-order valence-corrected chi connectivity index (χ3v) is 4.50. The van der Waals surface area contributed by atoms with Gasteiger partial charge in [0.05, 0.1) is 7.11 Å². The summed E-state index contributed by atoms with van der Waals surface area (Å²) in [6.07, 6.45) is -0.296. The van der Waals surface area contributed by atoms with Crippen LogP contribution in [0.4, 0.5) is 4.79 Å². The lowest BCUT2D eigenvalue weighted by molar-refractivity contribution is -0.132. The monoisotopic (exact) mass is 319 g/mol. The molecule has 1 aromatic carbocycles. The second-order valence-corrected chi connectivity index (χ2v) is 7.12. The van der Waals surface area contributed by atoms with Gasteiger partial charge in [-0.1, -0.05) is 32.9 Å². The molecule has 0 aromatic heterocycles. The summed E-state index contributed by atoms with van der Waals surface area (Å²) in [6, 6.07) is 7.72. The van der Waals surface area contributed by atoms with Crippen LogP contribution in [0.15, 0.2) is 24.3 Å². The summed E-state index contributed by atoms with van der Waals surface area (Å²) in [5.41, 5.74) is 0.579. The number of ether oxygens (including phenoxy) is 1. The number of piperidine rings is 1. The highest BCUT2D eigenvalue weighted by Crippen LogP contribution is 2.38. The van der Waals surface area contributed by atoms with Crippen molar-refractivity contribution in [3.8, 4) is 5.75 Å². The molecule has 0 radical (unpaired) electrons. The summed E-state index contributed by atoms with van der Waals surface area (Å²) in [5, 5.41) is 9.26. The molecule has 1 heterocycles. The summed E-state index contributed by atoms with van der Waals surface area (Å²) >= 11 is 0. The molecule has 0 saturated carbocycles. The van der Waals surface area contributed by atoms with Gasteiger partial charge >= 0.3 is 6.09 Å². The zero-order valence-electron chi connectivity index (χ0n) is 14.2. The molecule has 2 unspecified atom stereocenters. The van der Waals surface area contributed by atoms with E-state index in [0.29, 0.717) is 13.0 Å². The first-order chi connectivity index (χ1) is 10.7. The number of amides is 1. The Morgan fingerprint density at radius 2 is 1.83 bits per heavy atom. The van der Waals surface area contributed by atoms with Crippen LogP contribution in [0, 0.1) is 11.3 Å². The molecule has 2 atom stereocenters. The number of rotatable bonds is 3. The molecule has 1 N–H and O–H groups in total. The summed E-state index contributed by atoms with van der Waals surface area (Å²) < 4.78 is 5.18. The zero-order valence-corrected chi connectivity index (χ0v) is 14.2. The largest absolute Gasteiger partial charge is 0.497 e. The van der Waals surface area contributed by atoms with Crippen LogP contribution < -0.4 is 4.74 Å². The Kier molecular flexibility index (Phi) is 4.97. The Morgan fingerprint density at radius 1 is 1.22 bits per heavy atom. The standard InChI is InChI=1S/C18H25NO4/c1-18(2,3)16(20)15-11-19(17(21)22)10-9-14(15)12-5-7-13(23-4)8-6-12/h5-8,14-15H,9-11H2,1-4H3,(H,21,22). The Balaban J connectivity index is 2.31. The van der Waals surface area contributed by atoms with E-state index in [1.165, 1.54) is 4.90 Å². The van der Waals surface area contributed by atoms with Crippen molar-refractivity contribution in [1.82, 2.24) is 4.90 Å². The molecular weight excluding hydrogens is 294 g/mol. The zero-order chi connectivity index (χ0) is 17.2. The Hall–Kier alpha value is -2.04. The number of hydrogen-bond acceptors (Lipinski definition) is 3. The third kappa shape index (κ3) is 3.84. The van der Waals surface area contributed by atoms with Gasteiger partial charge in [-0.25, -0.2) is 4.79 Å². The van der Waals surface area contributed by atoms with Gasteiger partial charge in [-0.3, -0.25) is 4.79 Å². The van der Waals surface area contributed by atoms with Crippen LogP contribution in [0.2, 0.25) is 0 Å². The topological polar surface area (TPSA) is 66.8 Å². The Labute approximate surface area is 137 Å². The van der Waals surface area contributed by atoms with Crippen molar-refractivity contribution in [3.63, 3.8) is 0 Å². The lowest BCUT2D eigenvalue weighted by atomic mass is 9.72. The van der Waals surface area contributed by atoms with E-state index in [-0.39, 0.29) is 24.2 Å². The highest BCUT2D eigenvalue weighted by atomic mass is 16.5. The lowest BCUT2D eigenvalue weighted by Gasteiger charge is -2.39. The highest BCUT2D eigenvalue weighted by Gasteiger charge is 2.40. The van der Waals surface area contributed by atoms with Crippen molar-refractivity contribution in [2.45, 2.75) is 33.1 Å². The summed E-state index contributed by atoms with van der Waals surface area (Å²) in [4.78, 5) is 25.5. The van der Waals surface area contributed by atoms with E-state index in [0.717, 1.165) is 11.3 Å². The highest BCUT2D eigenvalue weighted by molar-refractivity contribution is 5.87. The van der Waals surface area contributed by atoms with E-state index < -0.39 is 11.5 Å². The molecule has 1 saturated heterocycles. The summed E-state index contributed by atoms with van der Waals surface area (Å²) in [6.45, 7) is 6.39. The van der Waals surface area contributed by atoms with Crippen LogP contribution in [-0.2, 0) is 4.79 Å². The molecule has 1 aliphatic heterocycles. The Morgan fingerprint density at radius 3 is 2.30 bits per heavy atom. The first-order valence-corrected chi connectivity index (χ1v) is 7.90. The van der Waals surface area contributed by atoms with Crippen molar-refractivity contribution < 1.29 is 19.4 Å². The van der Waals surface area contributed by atoms with E-state index in [9.17, 15) is 14.7 Å². The average molecular weight is 319 g/mol. The van der Waals surface area contributed by atoms with Crippen LogP contribution in [0.25, 0.3) is 0 Å². The van der Waals surface area contributed by atoms with E-state index in [2.05, 4.69) is 0 Å². The van der Waals surface area contributed by atoms with Gasteiger partial charge in [0.15, 0.2) is 0 Å². The van der Waals surface area contributed by atoms with Crippen LogP contribution >= 0.6 is 0 Å². The van der Waals surface area contributed by atoms with Gasteiger partial charge in [-0.15, -0.1) is 0 Å². The van der Waals surface area contributed by atoms with Gasteiger partial charge < -0.3 is 14.7 Å². The predicted octanol–water partition coefficient (Wildman–Crippen LogP) is 3.39. The van der Waals surface area contributed by atoms with E-state index in [1.54, 1.807) is 7.11 Å². The van der Waals surface area contributed by atoms with Gasteiger partial charge in [0.25, 0.3) is 0 Å². The number of carbonyl (C=O) groups excluding carboxylic acids is 1. The first kappa shape index (κ1) is 17.3. The molecule has 0 spiro atoms. The molecule has 1 aliphatic rings. The maximum atomic E-state index is 12.9. The van der Waals surface area contributed by atoms with Crippen molar-refractivity contribution in [1.29, 1.82) is 0 Å². The van der Waals surface area contributed by atoms with E-state index in [4.69, 9.17) is 4.74 Å². The van der Waals surface area contributed by atoms with Crippen molar-refractivity contribution in [2.24, 2.45) is 11.3 Å². The number of nitrogens with zero attached hydrogens (tertiary/aromatic N) is 1.